The number of hydrogen-bond donors (Lipinski definition) is 3. The maximum Gasteiger partial charge on any atom is 0.309 e. The summed E-state index contributed by atoms with van der Waals surface area (Å²) >= 11 is 0. The summed E-state index contributed by atoms with van der Waals surface area (Å²) in [7, 11) is -1.71. The number of benzene rings is 1. The van der Waals surface area contributed by atoms with Crippen molar-refractivity contribution in [2.45, 2.75) is 37.4 Å². The van der Waals surface area contributed by atoms with E-state index in [-0.39, 0.29) is 19.3 Å². The lowest BCUT2D eigenvalue weighted by atomic mass is 9.91. The third kappa shape index (κ3) is 5.62. The van der Waals surface area contributed by atoms with E-state index < -0.39 is 31.6 Å². The fourth-order valence-corrected chi connectivity index (χ4v) is 3.20. The van der Waals surface area contributed by atoms with Gasteiger partial charge in [-0.2, -0.15) is 0 Å². The van der Waals surface area contributed by atoms with Crippen LogP contribution in [-0.4, -0.2) is 27.4 Å². The predicted molar refractivity (Wildman–Crippen MR) is 84.3 cm³/mol. The Hall–Kier alpha value is -1.65. The van der Waals surface area contributed by atoms with Gasteiger partial charge in [-0.1, -0.05) is 30.3 Å². The van der Waals surface area contributed by atoms with Crippen molar-refractivity contribution in [3.8, 4) is 0 Å². The van der Waals surface area contributed by atoms with Crippen molar-refractivity contribution in [2.75, 3.05) is 0 Å². The van der Waals surface area contributed by atoms with Gasteiger partial charge in [0.15, 0.2) is 0 Å². The number of aliphatic hydroxyl groups is 1. The molecule has 1 aromatic rings. The molecule has 22 heavy (non-hydrogen) atoms. The fourth-order valence-electron chi connectivity index (χ4n) is 2.41. The summed E-state index contributed by atoms with van der Waals surface area (Å²) in [5.41, 5.74) is 6.08. The van der Waals surface area contributed by atoms with Gasteiger partial charge in [0, 0.05) is 6.42 Å². The van der Waals surface area contributed by atoms with Crippen molar-refractivity contribution < 1.29 is 24.4 Å². The topological polar surface area (TPSA) is 118 Å². The van der Waals surface area contributed by atoms with Crippen molar-refractivity contribution in [1.82, 2.24) is 0 Å². The first-order chi connectivity index (χ1) is 10.4. The Morgan fingerprint density at radius 2 is 1.91 bits per heavy atom. The lowest BCUT2D eigenvalue weighted by molar-refractivity contribution is -0.148. The summed E-state index contributed by atoms with van der Waals surface area (Å²) in [5.74, 6) is -3.14. The van der Waals surface area contributed by atoms with Crippen LogP contribution in [0.2, 0.25) is 0 Å². The van der Waals surface area contributed by atoms with E-state index in [1.54, 1.807) is 0 Å². The van der Waals surface area contributed by atoms with Crippen LogP contribution in [0.5, 0.6) is 0 Å². The zero-order chi connectivity index (χ0) is 16.6. The minimum atomic E-state index is -1.78. The number of carboxylic acids is 1. The van der Waals surface area contributed by atoms with Crippen molar-refractivity contribution in [2.24, 2.45) is 11.7 Å². The largest absolute Gasteiger partial charge is 0.481 e. The number of carbonyl (C=O) groups excluding carboxylic acids is 1. The summed E-state index contributed by atoms with van der Waals surface area (Å²) < 4.78 is 11.4. The van der Waals surface area contributed by atoms with Gasteiger partial charge in [0.25, 0.3) is 0 Å². The second kappa shape index (κ2) is 8.71. The lowest BCUT2D eigenvalue weighted by Gasteiger charge is -2.29. The molecule has 3 unspecified atom stereocenters. The van der Waals surface area contributed by atoms with Crippen molar-refractivity contribution in [1.29, 1.82) is 0 Å². The minimum absolute atomic E-state index is 0.108. The molecule has 0 fully saturated rings. The molecule has 3 atom stereocenters. The predicted octanol–water partition coefficient (Wildman–Crippen LogP) is 1.42. The number of hydrogen-bond acceptors (Lipinski definition) is 4. The second-order valence-electron chi connectivity index (χ2n) is 5.34. The lowest BCUT2D eigenvalue weighted by Crippen LogP contribution is -2.38. The third-order valence-electron chi connectivity index (χ3n) is 3.67. The van der Waals surface area contributed by atoms with E-state index in [4.69, 9.17) is 5.73 Å². The molecule has 0 spiro atoms. The summed E-state index contributed by atoms with van der Waals surface area (Å²) in [6.45, 7) is 0. The van der Waals surface area contributed by atoms with Gasteiger partial charge < -0.3 is 20.5 Å². The standard InChI is InChI=1S/C15H22NO5P/c16-13(17)9-8-12(14(18)19)15(20,22-21)10-4-7-11-5-2-1-3-6-11/h1-3,5-6,12,20H,4,7-10,22H2,(H2,16,17)(H,18,19). The maximum absolute atomic E-state index is 11.4. The van der Waals surface area contributed by atoms with E-state index in [2.05, 4.69) is 0 Å². The van der Waals surface area contributed by atoms with Gasteiger partial charge in [-0.05, 0) is 31.2 Å². The number of aliphatic carboxylic acids is 1. The van der Waals surface area contributed by atoms with E-state index in [0.29, 0.717) is 12.8 Å². The Morgan fingerprint density at radius 1 is 1.27 bits per heavy atom. The number of amides is 1. The van der Waals surface area contributed by atoms with Gasteiger partial charge >= 0.3 is 5.97 Å². The van der Waals surface area contributed by atoms with Crippen LogP contribution < -0.4 is 5.73 Å². The summed E-state index contributed by atoms with van der Waals surface area (Å²) in [5, 5.41) is 17.9. The van der Waals surface area contributed by atoms with Crippen LogP contribution in [0, 0.1) is 5.92 Å². The molecule has 0 heterocycles. The number of carboxylic acid groups (broad SMARTS) is 1. The zero-order valence-electron chi connectivity index (χ0n) is 12.3. The van der Waals surface area contributed by atoms with Crippen LogP contribution in [0.4, 0.5) is 0 Å². The highest BCUT2D eigenvalue weighted by Crippen LogP contribution is 2.37. The molecule has 1 rings (SSSR count). The molecule has 1 aromatic carbocycles. The molecule has 0 aliphatic rings. The normalized spacial score (nSPS) is 15.5. The van der Waals surface area contributed by atoms with Crippen molar-refractivity contribution in [3.05, 3.63) is 35.9 Å². The molecule has 0 saturated heterocycles. The monoisotopic (exact) mass is 327 g/mol. The zero-order valence-corrected chi connectivity index (χ0v) is 13.4. The van der Waals surface area contributed by atoms with Crippen LogP contribution in [-0.2, 0) is 20.6 Å². The van der Waals surface area contributed by atoms with Gasteiger partial charge in [-0.25, -0.2) is 0 Å². The fraction of sp³-hybridized carbons (Fsp3) is 0.467. The molecule has 4 N–H and O–H groups in total. The molecule has 122 valence electrons. The van der Waals surface area contributed by atoms with Crippen molar-refractivity contribution in [3.63, 3.8) is 0 Å². The number of carbonyl (C=O) groups is 2. The Kier molecular flexibility index (Phi) is 7.28. The Labute approximate surface area is 130 Å². The summed E-state index contributed by atoms with van der Waals surface area (Å²) in [4.78, 5) is 22.1. The highest BCUT2D eigenvalue weighted by Gasteiger charge is 2.40. The Bertz CT molecular complexity index is 522. The van der Waals surface area contributed by atoms with Gasteiger partial charge in [-0.15, -0.1) is 0 Å². The van der Waals surface area contributed by atoms with Crippen LogP contribution >= 0.6 is 8.46 Å². The van der Waals surface area contributed by atoms with E-state index in [1.807, 2.05) is 30.3 Å². The number of aryl methyl sites for hydroxylation is 1. The highest BCUT2D eigenvalue weighted by atomic mass is 31.1. The average Bonchev–Trinajstić information content (AvgIpc) is 2.47. The quantitative estimate of drug-likeness (QED) is 0.562. The molecule has 6 nitrogen and oxygen atoms in total. The molecular weight excluding hydrogens is 305 g/mol. The third-order valence-corrected chi connectivity index (χ3v) is 4.77. The van der Waals surface area contributed by atoms with E-state index in [1.165, 1.54) is 0 Å². The minimum Gasteiger partial charge on any atom is -0.481 e. The van der Waals surface area contributed by atoms with Gasteiger partial charge in [-0.3, -0.25) is 9.59 Å². The number of primary amides is 1. The molecule has 0 aliphatic heterocycles. The van der Waals surface area contributed by atoms with Crippen LogP contribution in [0.3, 0.4) is 0 Å². The Morgan fingerprint density at radius 3 is 2.41 bits per heavy atom. The van der Waals surface area contributed by atoms with Gasteiger partial charge in [0.1, 0.15) is 5.34 Å². The van der Waals surface area contributed by atoms with E-state index in [9.17, 15) is 24.4 Å². The van der Waals surface area contributed by atoms with Crippen LogP contribution in [0.1, 0.15) is 31.2 Å². The molecule has 7 heteroatoms. The maximum atomic E-state index is 11.4. The summed E-state index contributed by atoms with van der Waals surface area (Å²) in [6, 6.07) is 9.56. The molecular formula is C15H22NO5P. The van der Waals surface area contributed by atoms with Gasteiger partial charge in [0.05, 0.1) is 14.4 Å². The van der Waals surface area contributed by atoms with Crippen LogP contribution in [0.15, 0.2) is 30.3 Å². The highest BCUT2D eigenvalue weighted by molar-refractivity contribution is 7.25. The van der Waals surface area contributed by atoms with Gasteiger partial charge in [0.2, 0.25) is 5.91 Å². The molecule has 0 saturated carbocycles. The second-order valence-corrected chi connectivity index (χ2v) is 6.58. The molecule has 0 aromatic heterocycles. The average molecular weight is 327 g/mol. The van der Waals surface area contributed by atoms with Crippen molar-refractivity contribution >= 4 is 20.3 Å². The number of rotatable bonds is 10. The van der Waals surface area contributed by atoms with E-state index >= 15 is 0 Å². The smallest absolute Gasteiger partial charge is 0.309 e. The van der Waals surface area contributed by atoms with Crippen LogP contribution in [0.25, 0.3) is 0 Å². The summed E-state index contributed by atoms with van der Waals surface area (Å²) in [6.07, 6.45) is 1.01. The van der Waals surface area contributed by atoms with E-state index in [0.717, 1.165) is 5.56 Å². The molecule has 0 aliphatic carbocycles. The first-order valence-electron chi connectivity index (χ1n) is 7.13. The number of nitrogens with two attached hydrogens (primary N) is 1. The SMILES string of the molecule is NC(=O)CCC(C(=O)O)C(O)(CCCc1ccccc1)[PH2]=O. The Balaban J connectivity index is 2.68. The first-order valence-corrected chi connectivity index (χ1v) is 8.17. The molecule has 1 amide bonds. The molecule has 0 radical (unpaired) electrons. The molecule has 0 bridgehead atoms. The first kappa shape index (κ1) is 18.4.